The summed E-state index contributed by atoms with van der Waals surface area (Å²) in [6, 6.07) is 16.7. The van der Waals surface area contributed by atoms with E-state index >= 15 is 0 Å². The first-order valence-electron chi connectivity index (χ1n) is 9.03. The van der Waals surface area contributed by atoms with Crippen molar-refractivity contribution in [2.45, 2.75) is 19.6 Å². The fraction of sp³-hybridized carbons (Fsp3) is 0.238. The number of hydrogen-bond acceptors (Lipinski definition) is 4. The molecule has 0 saturated heterocycles. The molecule has 1 aliphatic heterocycles. The molecule has 0 radical (unpaired) electrons. The van der Waals surface area contributed by atoms with E-state index in [9.17, 15) is 4.79 Å². The van der Waals surface area contributed by atoms with Crippen LogP contribution in [0.1, 0.15) is 21.6 Å². The van der Waals surface area contributed by atoms with Crippen LogP contribution >= 0.6 is 0 Å². The van der Waals surface area contributed by atoms with E-state index in [1.54, 1.807) is 12.1 Å². The van der Waals surface area contributed by atoms with Gasteiger partial charge in [-0.05, 0) is 24.3 Å². The lowest BCUT2D eigenvalue weighted by molar-refractivity contribution is 0.0948. The van der Waals surface area contributed by atoms with Gasteiger partial charge in [0.1, 0.15) is 11.5 Å². The molecule has 6 nitrogen and oxygen atoms in total. The highest BCUT2D eigenvalue weighted by Gasteiger charge is 2.16. The summed E-state index contributed by atoms with van der Waals surface area (Å²) >= 11 is 0. The van der Waals surface area contributed by atoms with Crippen molar-refractivity contribution < 1.29 is 14.3 Å². The molecule has 138 valence electrons. The Labute approximate surface area is 157 Å². The zero-order valence-corrected chi connectivity index (χ0v) is 14.9. The van der Waals surface area contributed by atoms with Crippen LogP contribution in [0.15, 0.2) is 60.8 Å². The fourth-order valence-corrected chi connectivity index (χ4v) is 3.13. The summed E-state index contributed by atoms with van der Waals surface area (Å²) in [5.74, 6) is 1.07. The second-order valence-corrected chi connectivity index (χ2v) is 6.31. The largest absolute Gasteiger partial charge is 0.457 e. The predicted molar refractivity (Wildman–Crippen MR) is 101 cm³/mol. The number of nitrogens with one attached hydrogen (secondary N) is 1. The van der Waals surface area contributed by atoms with Crippen LogP contribution in [-0.2, 0) is 24.3 Å². The quantitative estimate of drug-likeness (QED) is 0.731. The molecule has 2 aromatic carbocycles. The highest BCUT2D eigenvalue weighted by Crippen LogP contribution is 2.25. The van der Waals surface area contributed by atoms with Gasteiger partial charge < -0.3 is 14.8 Å². The SMILES string of the molecule is O=C(NCCn1ncc2c1CCOC2)c1ccccc1Oc1ccccc1. The Bertz CT molecular complexity index is 921. The van der Waals surface area contributed by atoms with Crippen LogP contribution in [0.4, 0.5) is 0 Å². The monoisotopic (exact) mass is 363 g/mol. The van der Waals surface area contributed by atoms with Gasteiger partial charge >= 0.3 is 0 Å². The van der Waals surface area contributed by atoms with Crippen molar-refractivity contribution in [3.8, 4) is 11.5 Å². The van der Waals surface area contributed by atoms with Crippen molar-refractivity contribution in [1.82, 2.24) is 15.1 Å². The molecule has 3 aromatic rings. The summed E-state index contributed by atoms with van der Waals surface area (Å²) in [5.41, 5.74) is 2.84. The average Bonchev–Trinajstić information content (AvgIpc) is 3.12. The Hall–Kier alpha value is -3.12. The van der Waals surface area contributed by atoms with Crippen molar-refractivity contribution in [1.29, 1.82) is 0 Å². The van der Waals surface area contributed by atoms with Crippen molar-refractivity contribution in [3.63, 3.8) is 0 Å². The molecular weight excluding hydrogens is 342 g/mol. The van der Waals surface area contributed by atoms with Crippen molar-refractivity contribution in [2.75, 3.05) is 13.2 Å². The molecule has 1 aromatic heterocycles. The van der Waals surface area contributed by atoms with E-state index < -0.39 is 0 Å². The first-order valence-corrected chi connectivity index (χ1v) is 9.03. The molecule has 1 N–H and O–H groups in total. The first-order chi connectivity index (χ1) is 13.3. The lowest BCUT2D eigenvalue weighted by atomic mass is 10.2. The van der Waals surface area contributed by atoms with E-state index in [4.69, 9.17) is 9.47 Å². The van der Waals surface area contributed by atoms with Gasteiger partial charge in [0.05, 0.1) is 31.5 Å². The number of para-hydroxylation sites is 2. The number of rotatable bonds is 6. The number of ether oxygens (including phenoxy) is 2. The number of carbonyl (C=O) groups excluding carboxylic acids is 1. The molecule has 4 rings (SSSR count). The van der Waals surface area contributed by atoms with Crippen LogP contribution in [0.5, 0.6) is 11.5 Å². The smallest absolute Gasteiger partial charge is 0.255 e. The second-order valence-electron chi connectivity index (χ2n) is 6.31. The summed E-state index contributed by atoms with van der Waals surface area (Å²) in [6.07, 6.45) is 2.70. The third-order valence-corrected chi connectivity index (χ3v) is 4.49. The topological polar surface area (TPSA) is 65.4 Å². The average molecular weight is 363 g/mol. The Kier molecular flexibility index (Phi) is 5.16. The fourth-order valence-electron chi connectivity index (χ4n) is 3.13. The van der Waals surface area contributed by atoms with Crippen molar-refractivity contribution in [3.05, 3.63) is 77.6 Å². The standard InChI is InChI=1S/C21H21N3O3/c25-21(22-11-12-24-19-10-13-26-15-16(19)14-23-24)18-8-4-5-9-20(18)27-17-6-2-1-3-7-17/h1-9,14H,10-13,15H2,(H,22,25). The van der Waals surface area contributed by atoms with Gasteiger partial charge in [0.2, 0.25) is 0 Å². The molecule has 0 atom stereocenters. The number of nitrogens with zero attached hydrogens (tertiary/aromatic N) is 2. The highest BCUT2D eigenvalue weighted by molar-refractivity contribution is 5.97. The Balaban J connectivity index is 1.39. The Morgan fingerprint density at radius 3 is 2.85 bits per heavy atom. The third kappa shape index (κ3) is 4.01. The normalized spacial score (nSPS) is 13.0. The van der Waals surface area contributed by atoms with E-state index in [1.807, 2.05) is 53.3 Å². The van der Waals surface area contributed by atoms with Gasteiger partial charge in [-0.25, -0.2) is 0 Å². The minimum atomic E-state index is -0.161. The van der Waals surface area contributed by atoms with Gasteiger partial charge in [0, 0.05) is 24.2 Å². The van der Waals surface area contributed by atoms with Crippen molar-refractivity contribution in [2.24, 2.45) is 0 Å². The van der Waals surface area contributed by atoms with Gasteiger partial charge in [0.15, 0.2) is 0 Å². The van der Waals surface area contributed by atoms with Crippen LogP contribution < -0.4 is 10.1 Å². The number of fused-ring (bicyclic) bond motifs is 1. The van der Waals surface area contributed by atoms with Crippen LogP contribution in [0.3, 0.4) is 0 Å². The van der Waals surface area contributed by atoms with Crippen LogP contribution in [-0.4, -0.2) is 28.8 Å². The second kappa shape index (κ2) is 8.05. The Morgan fingerprint density at radius 2 is 1.96 bits per heavy atom. The summed E-state index contributed by atoms with van der Waals surface area (Å²) in [7, 11) is 0. The molecule has 1 aliphatic rings. The molecule has 0 unspecified atom stereocenters. The molecule has 0 aliphatic carbocycles. The first kappa shape index (κ1) is 17.3. The maximum Gasteiger partial charge on any atom is 0.255 e. The van der Waals surface area contributed by atoms with Gasteiger partial charge in [-0.2, -0.15) is 5.10 Å². The lowest BCUT2D eigenvalue weighted by Crippen LogP contribution is -2.28. The lowest BCUT2D eigenvalue weighted by Gasteiger charge is -2.15. The summed E-state index contributed by atoms with van der Waals surface area (Å²) in [5, 5.41) is 7.36. The summed E-state index contributed by atoms with van der Waals surface area (Å²) in [4.78, 5) is 12.6. The molecule has 2 heterocycles. The van der Waals surface area contributed by atoms with E-state index in [0.29, 0.717) is 36.8 Å². The molecule has 6 heteroatoms. The number of hydrogen-bond donors (Lipinski definition) is 1. The van der Waals surface area contributed by atoms with Gasteiger partial charge in [-0.1, -0.05) is 30.3 Å². The van der Waals surface area contributed by atoms with E-state index in [-0.39, 0.29) is 5.91 Å². The van der Waals surface area contributed by atoms with E-state index in [1.165, 1.54) is 5.69 Å². The zero-order valence-electron chi connectivity index (χ0n) is 14.9. The summed E-state index contributed by atoms with van der Waals surface area (Å²) < 4.78 is 13.2. The van der Waals surface area contributed by atoms with Gasteiger partial charge in [-0.15, -0.1) is 0 Å². The van der Waals surface area contributed by atoms with E-state index in [0.717, 1.165) is 18.6 Å². The molecule has 1 amide bonds. The van der Waals surface area contributed by atoms with Crippen LogP contribution in [0.25, 0.3) is 0 Å². The third-order valence-electron chi connectivity index (χ3n) is 4.49. The maximum atomic E-state index is 12.6. The molecule has 0 fully saturated rings. The number of amides is 1. The number of benzene rings is 2. The number of aromatic nitrogens is 2. The van der Waals surface area contributed by atoms with Gasteiger partial charge in [-0.3, -0.25) is 9.48 Å². The number of carbonyl (C=O) groups is 1. The maximum absolute atomic E-state index is 12.6. The molecule has 0 saturated carbocycles. The Morgan fingerprint density at radius 1 is 1.15 bits per heavy atom. The molecular formula is C21H21N3O3. The van der Waals surface area contributed by atoms with Gasteiger partial charge in [0.25, 0.3) is 5.91 Å². The van der Waals surface area contributed by atoms with Crippen LogP contribution in [0.2, 0.25) is 0 Å². The molecule has 0 bridgehead atoms. The predicted octanol–water partition coefficient (Wildman–Crippen LogP) is 3.18. The molecule has 27 heavy (non-hydrogen) atoms. The minimum absolute atomic E-state index is 0.161. The molecule has 0 spiro atoms. The van der Waals surface area contributed by atoms with Crippen molar-refractivity contribution >= 4 is 5.91 Å². The van der Waals surface area contributed by atoms with E-state index in [2.05, 4.69) is 10.4 Å². The summed E-state index contributed by atoms with van der Waals surface area (Å²) in [6.45, 7) is 2.46. The van der Waals surface area contributed by atoms with Crippen LogP contribution in [0, 0.1) is 0 Å². The zero-order chi connectivity index (χ0) is 18.5. The minimum Gasteiger partial charge on any atom is -0.457 e. The highest BCUT2D eigenvalue weighted by atomic mass is 16.5.